The van der Waals surface area contributed by atoms with Gasteiger partial charge < -0.3 is 18.0 Å². The lowest BCUT2D eigenvalue weighted by atomic mass is 10.0. The molecule has 0 amide bonds. The van der Waals surface area contributed by atoms with Crippen LogP contribution in [0.5, 0.6) is 0 Å². The Morgan fingerprint density at radius 1 is 1.18 bits per heavy atom. The summed E-state index contributed by atoms with van der Waals surface area (Å²) in [6.45, 7) is 0.743. The van der Waals surface area contributed by atoms with E-state index < -0.39 is 14.0 Å². The molecule has 1 atom stereocenters. The molecule has 0 aromatic heterocycles. The van der Waals surface area contributed by atoms with Crippen LogP contribution in [-0.4, -0.2) is 47.8 Å². The van der Waals surface area contributed by atoms with Gasteiger partial charge in [0.25, 0.3) is 0 Å². The first kappa shape index (κ1) is 15.4. The van der Waals surface area contributed by atoms with Gasteiger partial charge in [-0.2, -0.15) is 0 Å². The maximum absolute atomic E-state index is 6.03. The summed E-state index contributed by atoms with van der Waals surface area (Å²) in [6.07, 6.45) is 4.84. The Hall–Kier alpha value is 0.347. The van der Waals surface area contributed by atoms with Crippen molar-refractivity contribution in [2.45, 2.75) is 37.3 Å². The van der Waals surface area contributed by atoms with Gasteiger partial charge in [-0.25, -0.2) is 0 Å². The summed E-state index contributed by atoms with van der Waals surface area (Å²) in [6, 6.07) is 0. The average Bonchev–Trinajstić information content (AvgIpc) is 2.40. The molecule has 1 saturated heterocycles. The molecule has 1 aliphatic heterocycles. The van der Waals surface area contributed by atoms with Crippen molar-refractivity contribution in [3.05, 3.63) is 0 Å². The zero-order chi connectivity index (χ0) is 12.8. The van der Waals surface area contributed by atoms with Crippen molar-refractivity contribution < 1.29 is 18.0 Å². The quantitative estimate of drug-likeness (QED) is 0.531. The standard InChI is InChI=1S/C11H23ClO4Si/c1-13-17(14-2,15-3)11(8-6-9-12)7-4-5-10-16-11/h4-10H2,1-3H3. The van der Waals surface area contributed by atoms with E-state index in [0.717, 1.165) is 38.7 Å². The molecule has 0 aromatic rings. The van der Waals surface area contributed by atoms with Gasteiger partial charge in [0.1, 0.15) is 5.22 Å². The van der Waals surface area contributed by atoms with Crippen LogP contribution in [-0.2, 0) is 18.0 Å². The van der Waals surface area contributed by atoms with E-state index in [1.165, 1.54) is 0 Å². The van der Waals surface area contributed by atoms with Crippen molar-refractivity contribution in [3.8, 4) is 0 Å². The first-order valence-corrected chi connectivity index (χ1v) is 8.31. The molecule has 1 heterocycles. The highest BCUT2D eigenvalue weighted by Crippen LogP contribution is 2.39. The van der Waals surface area contributed by atoms with Gasteiger partial charge in [0.05, 0.1) is 0 Å². The number of ether oxygens (including phenoxy) is 1. The minimum absolute atomic E-state index is 0.418. The number of hydrogen-bond donors (Lipinski definition) is 0. The smallest absolute Gasteiger partial charge is 0.375 e. The van der Waals surface area contributed by atoms with Crippen molar-refractivity contribution in [3.63, 3.8) is 0 Å². The van der Waals surface area contributed by atoms with E-state index in [1.807, 2.05) is 0 Å². The molecule has 0 bridgehead atoms. The van der Waals surface area contributed by atoms with Gasteiger partial charge >= 0.3 is 8.80 Å². The van der Waals surface area contributed by atoms with Crippen molar-refractivity contribution >= 4 is 20.4 Å². The lowest BCUT2D eigenvalue weighted by molar-refractivity contribution is -0.0869. The van der Waals surface area contributed by atoms with E-state index in [4.69, 9.17) is 29.6 Å². The van der Waals surface area contributed by atoms with Gasteiger partial charge in [-0.15, -0.1) is 11.6 Å². The summed E-state index contributed by atoms with van der Waals surface area (Å²) in [5.74, 6) is 0.618. The largest absolute Gasteiger partial charge is 0.533 e. The van der Waals surface area contributed by atoms with Crippen LogP contribution in [0.2, 0.25) is 0 Å². The Bertz CT molecular complexity index is 209. The third kappa shape index (κ3) is 3.03. The Kier molecular flexibility index (Phi) is 6.40. The molecule has 1 unspecified atom stereocenters. The monoisotopic (exact) mass is 282 g/mol. The molecule has 0 aliphatic carbocycles. The molecule has 1 aliphatic rings. The van der Waals surface area contributed by atoms with E-state index in [2.05, 4.69) is 0 Å². The maximum atomic E-state index is 6.03. The second kappa shape index (κ2) is 7.06. The van der Waals surface area contributed by atoms with E-state index in [9.17, 15) is 0 Å². The second-order valence-electron chi connectivity index (χ2n) is 4.26. The molecule has 0 aromatic carbocycles. The third-order valence-corrected chi connectivity index (χ3v) is 7.07. The second-order valence-corrected chi connectivity index (χ2v) is 7.89. The van der Waals surface area contributed by atoms with Gasteiger partial charge in [0, 0.05) is 33.8 Å². The molecule has 0 spiro atoms. The van der Waals surface area contributed by atoms with Gasteiger partial charge in [-0.3, -0.25) is 0 Å². The van der Waals surface area contributed by atoms with Crippen LogP contribution >= 0.6 is 11.6 Å². The molecule has 0 saturated carbocycles. The highest BCUT2D eigenvalue weighted by atomic mass is 35.5. The van der Waals surface area contributed by atoms with E-state index in [1.54, 1.807) is 21.3 Å². The minimum atomic E-state index is -2.78. The lowest BCUT2D eigenvalue weighted by Gasteiger charge is -2.45. The van der Waals surface area contributed by atoms with E-state index in [-0.39, 0.29) is 0 Å². The van der Waals surface area contributed by atoms with Crippen LogP contribution in [0, 0.1) is 0 Å². The molecule has 4 nitrogen and oxygen atoms in total. The molecular weight excluding hydrogens is 260 g/mol. The molecule has 17 heavy (non-hydrogen) atoms. The summed E-state index contributed by atoms with van der Waals surface area (Å²) >= 11 is 5.80. The van der Waals surface area contributed by atoms with Crippen molar-refractivity contribution in [1.29, 1.82) is 0 Å². The number of alkyl halides is 1. The van der Waals surface area contributed by atoms with E-state index in [0.29, 0.717) is 5.88 Å². The number of hydrogen-bond acceptors (Lipinski definition) is 4. The third-order valence-electron chi connectivity index (χ3n) is 3.43. The Morgan fingerprint density at radius 2 is 1.82 bits per heavy atom. The van der Waals surface area contributed by atoms with Crippen molar-refractivity contribution in [2.75, 3.05) is 33.8 Å². The molecular formula is C11H23ClO4Si. The Morgan fingerprint density at radius 3 is 2.24 bits per heavy atom. The van der Waals surface area contributed by atoms with Crippen molar-refractivity contribution in [1.82, 2.24) is 0 Å². The maximum Gasteiger partial charge on any atom is 0.533 e. The van der Waals surface area contributed by atoms with Crippen molar-refractivity contribution in [2.24, 2.45) is 0 Å². The first-order valence-electron chi connectivity index (χ1n) is 6.05. The van der Waals surface area contributed by atoms with Crippen LogP contribution in [0.25, 0.3) is 0 Å². The molecule has 0 N–H and O–H groups in total. The highest BCUT2D eigenvalue weighted by molar-refractivity contribution is 6.64. The Labute approximate surface area is 110 Å². The van der Waals surface area contributed by atoms with Crippen LogP contribution in [0.4, 0.5) is 0 Å². The molecule has 1 fully saturated rings. The highest BCUT2D eigenvalue weighted by Gasteiger charge is 2.61. The molecule has 0 radical (unpaired) electrons. The number of rotatable bonds is 7. The normalized spacial score (nSPS) is 26.1. The van der Waals surface area contributed by atoms with Crippen LogP contribution < -0.4 is 0 Å². The lowest BCUT2D eigenvalue weighted by Crippen LogP contribution is -2.66. The zero-order valence-electron chi connectivity index (χ0n) is 11.0. The molecule has 102 valence electrons. The summed E-state index contributed by atoms with van der Waals surface area (Å²) in [5, 5.41) is -0.418. The van der Waals surface area contributed by atoms with Crippen LogP contribution in [0.15, 0.2) is 0 Å². The fourth-order valence-corrected chi connectivity index (χ4v) is 5.60. The van der Waals surface area contributed by atoms with E-state index >= 15 is 0 Å². The Balaban J connectivity index is 2.92. The van der Waals surface area contributed by atoms with Gasteiger partial charge in [-0.1, -0.05) is 0 Å². The number of halogens is 1. The topological polar surface area (TPSA) is 36.9 Å². The predicted molar refractivity (Wildman–Crippen MR) is 69.3 cm³/mol. The van der Waals surface area contributed by atoms with Crippen LogP contribution in [0.1, 0.15) is 32.1 Å². The SMILES string of the molecule is CO[Si](OC)(OC)C1(CCCCl)CCCCO1. The van der Waals surface area contributed by atoms with Gasteiger partial charge in [-0.05, 0) is 32.1 Å². The average molecular weight is 283 g/mol. The summed E-state index contributed by atoms with van der Waals surface area (Å²) < 4.78 is 22.8. The predicted octanol–water partition coefficient (Wildman–Crippen LogP) is 2.36. The first-order chi connectivity index (χ1) is 8.20. The van der Waals surface area contributed by atoms with Gasteiger partial charge in [0.2, 0.25) is 0 Å². The zero-order valence-corrected chi connectivity index (χ0v) is 12.7. The van der Waals surface area contributed by atoms with Gasteiger partial charge in [0.15, 0.2) is 0 Å². The minimum Gasteiger partial charge on any atom is -0.375 e. The molecule has 1 rings (SSSR count). The fourth-order valence-electron chi connectivity index (χ4n) is 2.60. The summed E-state index contributed by atoms with van der Waals surface area (Å²) in [4.78, 5) is 0. The summed E-state index contributed by atoms with van der Waals surface area (Å²) in [5.41, 5.74) is 0. The fraction of sp³-hybridized carbons (Fsp3) is 1.00. The summed E-state index contributed by atoms with van der Waals surface area (Å²) in [7, 11) is 2.13. The van der Waals surface area contributed by atoms with Crippen LogP contribution in [0.3, 0.4) is 0 Å². The molecule has 6 heteroatoms.